The Balaban J connectivity index is 0.000000317. The van der Waals surface area contributed by atoms with Crippen LogP contribution in [0.2, 0.25) is 0 Å². The summed E-state index contributed by atoms with van der Waals surface area (Å²) in [5.41, 5.74) is 0. The number of fused-ring (bicyclic) bond motifs is 1. The van der Waals surface area contributed by atoms with Crippen molar-refractivity contribution in [1.82, 2.24) is 0 Å². The monoisotopic (exact) mass is 503 g/mol. The maximum atomic E-state index is 10.0. The van der Waals surface area contributed by atoms with E-state index in [4.69, 9.17) is 5.11 Å². The van der Waals surface area contributed by atoms with E-state index in [0.29, 0.717) is 0 Å². The maximum absolute atomic E-state index is 10.0. The van der Waals surface area contributed by atoms with Crippen molar-refractivity contribution in [3.63, 3.8) is 0 Å². The Morgan fingerprint density at radius 3 is 2.13 bits per heavy atom. The van der Waals surface area contributed by atoms with Gasteiger partial charge >= 0.3 is 0 Å². The zero-order valence-electron chi connectivity index (χ0n) is 12.9. The number of ketones is 1. The van der Waals surface area contributed by atoms with Gasteiger partial charge in [0.2, 0.25) is 0 Å². The van der Waals surface area contributed by atoms with Crippen molar-refractivity contribution in [3.8, 4) is 0 Å². The summed E-state index contributed by atoms with van der Waals surface area (Å²) < 4.78 is 1.32. The second-order valence-electron chi connectivity index (χ2n) is 4.35. The molecule has 1 radical (unpaired) electrons. The molecule has 0 amide bonds. The fourth-order valence-electron chi connectivity index (χ4n) is 1.48. The Kier molecular flexibility index (Phi) is 11.8. The average molecular weight is 503 g/mol. The molecule has 0 aliphatic heterocycles. The Bertz CT molecular complexity index is 645. The molecule has 3 rings (SSSR count). The summed E-state index contributed by atoms with van der Waals surface area (Å²) in [6.07, 6.45) is 1.17. The first-order valence-corrected chi connectivity index (χ1v) is 7.60. The minimum absolute atomic E-state index is 0. The van der Waals surface area contributed by atoms with Gasteiger partial charge in [0.25, 0.3) is 0 Å². The van der Waals surface area contributed by atoms with Crippen LogP contribution in [0.25, 0.3) is 10.1 Å². The summed E-state index contributed by atoms with van der Waals surface area (Å²) in [5, 5.41) is 11.6. The molecule has 2 aromatic carbocycles. The number of allylic oxidation sites excluding steroid dienone is 2. The van der Waals surface area contributed by atoms with Crippen molar-refractivity contribution in [1.29, 1.82) is 0 Å². The molecule has 1 N–H and O–H groups in total. The summed E-state index contributed by atoms with van der Waals surface area (Å²) >= 11 is 1.73. The number of carbonyl (C=O) groups excluding carboxylic acids is 1. The molecule has 4 heteroatoms. The number of hydrogen-bond donors (Lipinski definition) is 1. The van der Waals surface area contributed by atoms with Crippen molar-refractivity contribution in [2.75, 3.05) is 0 Å². The van der Waals surface area contributed by atoms with Crippen LogP contribution in [0.3, 0.4) is 0 Å². The van der Waals surface area contributed by atoms with Crippen LogP contribution in [-0.4, -0.2) is 10.9 Å². The predicted octanol–water partition coefficient (Wildman–Crippen LogP) is 5.22. The van der Waals surface area contributed by atoms with E-state index in [-0.39, 0.29) is 31.6 Å². The van der Waals surface area contributed by atoms with Gasteiger partial charge in [0.05, 0.1) is 5.76 Å². The molecule has 3 aromatic rings. The van der Waals surface area contributed by atoms with E-state index in [9.17, 15) is 4.79 Å². The summed E-state index contributed by atoms with van der Waals surface area (Å²) in [7, 11) is 0. The number of carbonyl (C=O) groups is 1. The van der Waals surface area contributed by atoms with Crippen LogP contribution >= 0.6 is 11.3 Å². The minimum atomic E-state index is -0.125. The molecule has 0 aliphatic rings. The van der Waals surface area contributed by atoms with Crippen LogP contribution in [0, 0.1) is 12.1 Å². The largest absolute Gasteiger partial charge is 0.512 e. The topological polar surface area (TPSA) is 37.3 Å². The molecule has 0 spiro atoms. The van der Waals surface area contributed by atoms with Crippen LogP contribution < -0.4 is 0 Å². The smallest absolute Gasteiger partial charge is 0.155 e. The average Bonchev–Trinajstić information content (AvgIpc) is 2.97. The summed E-state index contributed by atoms with van der Waals surface area (Å²) in [4.78, 5) is 10.0. The van der Waals surface area contributed by atoms with Crippen molar-refractivity contribution < 1.29 is 30.0 Å². The van der Waals surface area contributed by atoms with E-state index in [0.717, 1.165) is 0 Å². The third-order valence-corrected chi connectivity index (χ3v) is 3.15. The number of hydrogen-bond acceptors (Lipinski definition) is 3. The fourth-order valence-corrected chi connectivity index (χ4v) is 2.21. The van der Waals surface area contributed by atoms with Crippen LogP contribution in [-0.2, 0) is 24.9 Å². The molecule has 0 unspecified atom stereocenters. The molecule has 2 nitrogen and oxygen atoms in total. The SMILES string of the molecule is CC(=O)/C=C(/C)O.[Ir].[c-]1ccccc1.[c-]1csc2ccccc12. The van der Waals surface area contributed by atoms with Gasteiger partial charge in [-0.25, -0.2) is 11.3 Å². The second kappa shape index (κ2) is 12.8. The van der Waals surface area contributed by atoms with Crippen LogP contribution in [0.5, 0.6) is 0 Å². The Hall–Kier alpha value is -1.74. The zero-order chi connectivity index (χ0) is 16.2. The Morgan fingerprint density at radius 2 is 1.74 bits per heavy atom. The van der Waals surface area contributed by atoms with Gasteiger partial charge < -0.3 is 5.11 Å². The molecule has 123 valence electrons. The third kappa shape index (κ3) is 10.6. The van der Waals surface area contributed by atoms with E-state index in [1.54, 1.807) is 11.3 Å². The van der Waals surface area contributed by atoms with Crippen molar-refractivity contribution in [2.24, 2.45) is 0 Å². The van der Waals surface area contributed by atoms with Gasteiger partial charge in [-0.15, -0.1) is 12.1 Å². The molecule has 1 heterocycles. The number of aliphatic hydroxyl groups excluding tert-OH is 1. The van der Waals surface area contributed by atoms with Gasteiger partial charge in [-0.2, -0.15) is 53.9 Å². The summed E-state index contributed by atoms with van der Waals surface area (Å²) in [6, 6.07) is 23.9. The normalized spacial score (nSPS) is 9.57. The molecule has 0 saturated carbocycles. The van der Waals surface area contributed by atoms with Crippen LogP contribution in [0.15, 0.2) is 71.8 Å². The zero-order valence-corrected chi connectivity index (χ0v) is 16.2. The maximum Gasteiger partial charge on any atom is 0.155 e. The quantitative estimate of drug-likeness (QED) is 0.281. The standard InChI is InChI=1S/C8H5S.C6H5.C5H8O2.Ir/c1-2-4-8-7(3-1)5-6-9-8;1-2-4-6-5-3-1;1-4(6)3-5(2)7;/h1-4,6H;1-5H;3,6H,1-2H3;/q2*-1;;/b;;4-3-;. The first-order valence-electron chi connectivity index (χ1n) is 6.72. The molecule has 0 saturated heterocycles. The van der Waals surface area contributed by atoms with E-state index < -0.39 is 0 Å². The molecule has 1 aromatic heterocycles. The third-order valence-electron chi connectivity index (χ3n) is 2.31. The predicted molar refractivity (Wildman–Crippen MR) is 93.0 cm³/mol. The van der Waals surface area contributed by atoms with E-state index in [1.165, 1.54) is 30.0 Å². The minimum Gasteiger partial charge on any atom is -0.512 e. The van der Waals surface area contributed by atoms with Gasteiger partial charge in [-0.3, -0.25) is 4.79 Å². The molecule has 0 aliphatic carbocycles. The van der Waals surface area contributed by atoms with Crippen molar-refractivity contribution in [2.45, 2.75) is 13.8 Å². The van der Waals surface area contributed by atoms with Gasteiger partial charge in [-0.05, 0) is 13.8 Å². The number of rotatable bonds is 1. The number of aliphatic hydroxyl groups is 1. The summed E-state index contributed by atoms with van der Waals surface area (Å²) in [5.74, 6) is -0.0625. The van der Waals surface area contributed by atoms with Gasteiger partial charge in [0.15, 0.2) is 5.78 Å². The van der Waals surface area contributed by atoms with E-state index in [2.05, 4.69) is 24.3 Å². The summed E-state index contributed by atoms with van der Waals surface area (Å²) in [6.45, 7) is 2.85. The molecule has 0 fully saturated rings. The van der Waals surface area contributed by atoms with Crippen LogP contribution in [0.4, 0.5) is 0 Å². The Labute approximate surface area is 154 Å². The molecular weight excluding hydrogens is 484 g/mol. The second-order valence-corrected chi connectivity index (χ2v) is 5.26. The van der Waals surface area contributed by atoms with Crippen LogP contribution in [0.1, 0.15) is 13.8 Å². The number of benzene rings is 2. The van der Waals surface area contributed by atoms with Crippen molar-refractivity contribution in [3.05, 3.63) is 83.9 Å². The molecule has 23 heavy (non-hydrogen) atoms. The molecule has 0 atom stereocenters. The first kappa shape index (κ1) is 21.3. The number of thiophene rings is 1. The van der Waals surface area contributed by atoms with Crippen molar-refractivity contribution >= 4 is 27.2 Å². The Morgan fingerprint density at radius 1 is 1.09 bits per heavy atom. The van der Waals surface area contributed by atoms with E-state index in [1.807, 2.05) is 47.8 Å². The van der Waals surface area contributed by atoms with Gasteiger partial charge in [0.1, 0.15) is 0 Å². The molecule has 0 bridgehead atoms. The first-order chi connectivity index (χ1) is 10.6. The van der Waals surface area contributed by atoms with Gasteiger partial charge in [0, 0.05) is 26.2 Å². The fraction of sp³-hybridized carbons (Fsp3) is 0.105. The van der Waals surface area contributed by atoms with Gasteiger partial charge in [-0.1, -0.05) is 16.1 Å². The molecular formula is C19H18IrO2S-2. The van der Waals surface area contributed by atoms with E-state index >= 15 is 0 Å².